The third-order valence-corrected chi connectivity index (χ3v) is 6.38. The average Bonchev–Trinajstić information content (AvgIpc) is 2.87. The molecular weight excluding hydrogens is 392 g/mol. The molecule has 0 heterocycles. The second-order valence-electron chi connectivity index (χ2n) is 8.14. The fraction of sp³-hybridized carbons (Fsp3) is 0.0333. The zero-order chi connectivity index (χ0) is 21.7. The Hall–Kier alpha value is -4.01. The summed E-state index contributed by atoms with van der Waals surface area (Å²) in [7, 11) is 0. The van der Waals surface area contributed by atoms with Crippen molar-refractivity contribution in [2.45, 2.75) is 6.10 Å². The molecule has 0 bridgehead atoms. The molecule has 6 rings (SSSR count). The SMILES string of the molecule is O=C1c2ccccc2C(O)c2c1c(-c1ccccc1)c1ccccc1c2-c1ccccc1. The predicted octanol–water partition coefficient (Wildman–Crippen LogP) is 6.80. The number of carbonyl (C=O) groups is 1. The number of rotatable bonds is 2. The highest BCUT2D eigenvalue weighted by Crippen LogP contribution is 2.49. The second kappa shape index (κ2) is 7.30. The standard InChI is InChI=1S/C30H20O2/c31-29-23-17-9-10-18-24(23)30(32)28-26(20-13-5-2-6-14-20)22-16-8-7-15-21(22)25(27(28)29)19-11-3-1-4-12-19/h1-18,29,31H. The second-order valence-corrected chi connectivity index (χ2v) is 8.14. The van der Waals surface area contributed by atoms with Crippen LogP contribution >= 0.6 is 0 Å². The van der Waals surface area contributed by atoms with Gasteiger partial charge in [-0.2, -0.15) is 0 Å². The minimum absolute atomic E-state index is 0.0392. The highest BCUT2D eigenvalue weighted by Gasteiger charge is 2.36. The van der Waals surface area contributed by atoms with Crippen LogP contribution in [0.15, 0.2) is 109 Å². The van der Waals surface area contributed by atoms with Crippen LogP contribution in [0.1, 0.15) is 33.2 Å². The van der Waals surface area contributed by atoms with Crippen LogP contribution in [0.5, 0.6) is 0 Å². The van der Waals surface area contributed by atoms with Crippen LogP contribution in [-0.2, 0) is 0 Å². The molecule has 0 aromatic heterocycles. The minimum Gasteiger partial charge on any atom is -0.384 e. The molecule has 0 saturated carbocycles. The van der Waals surface area contributed by atoms with Gasteiger partial charge in [0.05, 0.1) is 0 Å². The number of carbonyl (C=O) groups excluding carboxylic acids is 1. The molecule has 32 heavy (non-hydrogen) atoms. The molecule has 0 spiro atoms. The monoisotopic (exact) mass is 412 g/mol. The summed E-state index contributed by atoms with van der Waals surface area (Å²) in [5, 5.41) is 13.7. The summed E-state index contributed by atoms with van der Waals surface area (Å²) >= 11 is 0. The van der Waals surface area contributed by atoms with Gasteiger partial charge in [-0.05, 0) is 33.0 Å². The van der Waals surface area contributed by atoms with E-state index < -0.39 is 6.10 Å². The van der Waals surface area contributed by atoms with E-state index >= 15 is 0 Å². The summed E-state index contributed by atoms with van der Waals surface area (Å²) < 4.78 is 0. The third-order valence-electron chi connectivity index (χ3n) is 6.38. The van der Waals surface area contributed by atoms with E-state index in [0.717, 1.165) is 33.0 Å². The number of benzene rings is 5. The number of aliphatic hydroxyl groups is 1. The van der Waals surface area contributed by atoms with Gasteiger partial charge in [0.15, 0.2) is 5.78 Å². The molecule has 0 saturated heterocycles. The van der Waals surface area contributed by atoms with Gasteiger partial charge in [0.2, 0.25) is 0 Å². The molecular formula is C30H20O2. The highest BCUT2D eigenvalue weighted by molar-refractivity contribution is 6.23. The Morgan fingerprint density at radius 2 is 1.03 bits per heavy atom. The van der Waals surface area contributed by atoms with Crippen LogP contribution in [0.3, 0.4) is 0 Å². The van der Waals surface area contributed by atoms with Crippen LogP contribution in [-0.4, -0.2) is 10.9 Å². The summed E-state index contributed by atoms with van der Waals surface area (Å²) in [6, 6.07) is 35.6. The molecule has 1 atom stereocenters. The summed E-state index contributed by atoms with van der Waals surface area (Å²) in [5.74, 6) is -0.0392. The van der Waals surface area contributed by atoms with E-state index in [-0.39, 0.29) is 5.78 Å². The summed E-state index contributed by atoms with van der Waals surface area (Å²) in [6.45, 7) is 0. The number of fused-ring (bicyclic) bond motifs is 3. The first-order valence-electron chi connectivity index (χ1n) is 10.8. The van der Waals surface area contributed by atoms with Gasteiger partial charge in [0, 0.05) is 22.3 Å². The van der Waals surface area contributed by atoms with E-state index in [1.54, 1.807) is 0 Å². The molecule has 1 N–H and O–H groups in total. The fourth-order valence-electron chi connectivity index (χ4n) is 5.02. The Bertz CT molecular complexity index is 1480. The molecule has 2 nitrogen and oxygen atoms in total. The maximum Gasteiger partial charge on any atom is 0.194 e. The Kier molecular flexibility index (Phi) is 4.27. The molecule has 0 amide bonds. The molecule has 0 radical (unpaired) electrons. The molecule has 1 unspecified atom stereocenters. The van der Waals surface area contributed by atoms with Gasteiger partial charge >= 0.3 is 0 Å². The summed E-state index contributed by atoms with van der Waals surface area (Å²) in [6.07, 6.45) is -0.888. The molecule has 0 aliphatic heterocycles. The van der Waals surface area contributed by atoms with Crippen molar-refractivity contribution in [3.63, 3.8) is 0 Å². The first-order chi connectivity index (χ1) is 15.8. The van der Waals surface area contributed by atoms with Gasteiger partial charge in [-0.3, -0.25) is 4.79 Å². The minimum atomic E-state index is -0.888. The number of hydrogen-bond acceptors (Lipinski definition) is 2. The van der Waals surface area contributed by atoms with E-state index in [1.807, 2.05) is 97.1 Å². The average molecular weight is 412 g/mol. The largest absolute Gasteiger partial charge is 0.384 e. The normalized spacial score (nSPS) is 14.8. The fourth-order valence-corrected chi connectivity index (χ4v) is 5.02. The molecule has 5 aromatic rings. The topological polar surface area (TPSA) is 37.3 Å². The lowest BCUT2D eigenvalue weighted by Gasteiger charge is -2.30. The van der Waals surface area contributed by atoms with E-state index in [2.05, 4.69) is 12.1 Å². The lowest BCUT2D eigenvalue weighted by molar-refractivity contribution is 0.102. The van der Waals surface area contributed by atoms with Gasteiger partial charge in [-0.1, -0.05) is 109 Å². The molecule has 1 aliphatic carbocycles. The van der Waals surface area contributed by atoms with Crippen LogP contribution < -0.4 is 0 Å². The van der Waals surface area contributed by atoms with E-state index in [0.29, 0.717) is 22.3 Å². The zero-order valence-electron chi connectivity index (χ0n) is 17.3. The van der Waals surface area contributed by atoms with Crippen LogP contribution in [0.4, 0.5) is 0 Å². The van der Waals surface area contributed by atoms with E-state index in [1.165, 1.54) is 0 Å². The quantitative estimate of drug-likeness (QED) is 0.346. The van der Waals surface area contributed by atoms with Crippen molar-refractivity contribution in [2.24, 2.45) is 0 Å². The van der Waals surface area contributed by atoms with Gasteiger partial charge in [0.1, 0.15) is 6.10 Å². The molecule has 152 valence electrons. The van der Waals surface area contributed by atoms with Gasteiger partial charge in [-0.25, -0.2) is 0 Å². The Morgan fingerprint density at radius 1 is 0.531 bits per heavy atom. The molecule has 5 aromatic carbocycles. The molecule has 1 aliphatic rings. The van der Waals surface area contributed by atoms with Crippen LogP contribution in [0.2, 0.25) is 0 Å². The van der Waals surface area contributed by atoms with Gasteiger partial charge in [0.25, 0.3) is 0 Å². The van der Waals surface area contributed by atoms with Gasteiger partial charge in [-0.15, -0.1) is 0 Å². The van der Waals surface area contributed by atoms with Crippen molar-refractivity contribution >= 4 is 16.6 Å². The van der Waals surface area contributed by atoms with Crippen molar-refractivity contribution in [1.29, 1.82) is 0 Å². The smallest absolute Gasteiger partial charge is 0.194 e. The summed E-state index contributed by atoms with van der Waals surface area (Å²) in [4.78, 5) is 14.0. The first kappa shape index (κ1) is 18.7. The van der Waals surface area contributed by atoms with Crippen molar-refractivity contribution in [3.05, 3.63) is 131 Å². The Balaban J connectivity index is 1.85. The zero-order valence-corrected chi connectivity index (χ0v) is 17.3. The van der Waals surface area contributed by atoms with E-state index in [4.69, 9.17) is 0 Å². The lowest BCUT2D eigenvalue weighted by atomic mass is 9.74. The Morgan fingerprint density at radius 3 is 1.69 bits per heavy atom. The van der Waals surface area contributed by atoms with Crippen molar-refractivity contribution in [2.75, 3.05) is 0 Å². The van der Waals surface area contributed by atoms with E-state index in [9.17, 15) is 9.90 Å². The van der Waals surface area contributed by atoms with Crippen LogP contribution in [0.25, 0.3) is 33.0 Å². The lowest BCUT2D eigenvalue weighted by Crippen LogP contribution is -2.21. The number of hydrogen-bond donors (Lipinski definition) is 1. The predicted molar refractivity (Wildman–Crippen MR) is 129 cm³/mol. The highest BCUT2D eigenvalue weighted by atomic mass is 16.3. The molecule has 2 heteroatoms. The van der Waals surface area contributed by atoms with Crippen molar-refractivity contribution in [1.82, 2.24) is 0 Å². The number of ketones is 1. The van der Waals surface area contributed by atoms with Crippen molar-refractivity contribution < 1.29 is 9.90 Å². The maximum atomic E-state index is 14.0. The molecule has 0 fully saturated rings. The number of aliphatic hydroxyl groups excluding tert-OH is 1. The van der Waals surface area contributed by atoms with Gasteiger partial charge < -0.3 is 5.11 Å². The van der Waals surface area contributed by atoms with Crippen LogP contribution in [0, 0.1) is 0 Å². The summed E-state index contributed by atoms with van der Waals surface area (Å²) in [5.41, 5.74) is 6.29. The Labute approximate surface area is 186 Å². The third kappa shape index (κ3) is 2.67. The van der Waals surface area contributed by atoms with Crippen molar-refractivity contribution in [3.8, 4) is 22.3 Å². The maximum absolute atomic E-state index is 14.0. The first-order valence-corrected chi connectivity index (χ1v) is 10.8.